The molecule has 4 nitrogen and oxygen atoms in total. The number of rotatable bonds is 8. The van der Waals surface area contributed by atoms with Crippen LogP contribution in [0.5, 0.6) is 5.75 Å². The maximum Gasteiger partial charge on any atom is 0.123 e. The Morgan fingerprint density at radius 3 is 2.45 bits per heavy atom. The normalized spacial score (nSPS) is 14.3. The van der Waals surface area contributed by atoms with Crippen LogP contribution in [0.25, 0.3) is 0 Å². The Kier molecular flexibility index (Phi) is 6.99. The van der Waals surface area contributed by atoms with Gasteiger partial charge in [0.15, 0.2) is 0 Å². The highest BCUT2D eigenvalue weighted by Crippen LogP contribution is 2.24. The maximum absolute atomic E-state index is 5.97. The first-order chi connectivity index (χ1) is 9.53. The number of nitrogens with two attached hydrogens (primary N) is 1. The van der Waals surface area contributed by atoms with Crippen LogP contribution in [0.2, 0.25) is 0 Å². The Hall–Kier alpha value is -1.10. The van der Waals surface area contributed by atoms with Crippen LogP contribution in [0.15, 0.2) is 18.2 Å². The van der Waals surface area contributed by atoms with E-state index in [-0.39, 0.29) is 6.04 Å². The fourth-order valence-corrected chi connectivity index (χ4v) is 2.35. The molecule has 0 saturated carbocycles. The van der Waals surface area contributed by atoms with Crippen LogP contribution in [-0.4, -0.2) is 38.3 Å². The number of hydrogen-bond donors (Lipinski definition) is 1. The van der Waals surface area contributed by atoms with Crippen LogP contribution < -0.4 is 10.5 Å². The summed E-state index contributed by atoms with van der Waals surface area (Å²) in [5, 5.41) is 0. The molecule has 0 saturated heterocycles. The van der Waals surface area contributed by atoms with Gasteiger partial charge in [-0.3, -0.25) is 4.90 Å². The van der Waals surface area contributed by atoms with Crippen molar-refractivity contribution >= 4 is 0 Å². The van der Waals surface area contributed by atoms with Gasteiger partial charge in [0.05, 0.1) is 13.7 Å². The molecule has 1 aromatic carbocycles. The van der Waals surface area contributed by atoms with E-state index in [2.05, 4.69) is 24.8 Å². The fourth-order valence-electron chi connectivity index (χ4n) is 2.35. The second kappa shape index (κ2) is 8.25. The van der Waals surface area contributed by atoms with E-state index in [1.807, 2.05) is 19.1 Å². The highest BCUT2D eigenvalue weighted by molar-refractivity contribution is 5.38. The number of benzene rings is 1. The third kappa shape index (κ3) is 4.47. The fraction of sp³-hybridized carbons (Fsp3) is 0.625. The zero-order chi connectivity index (χ0) is 15.1. The van der Waals surface area contributed by atoms with Gasteiger partial charge in [-0.05, 0) is 38.1 Å². The Morgan fingerprint density at radius 1 is 1.25 bits per heavy atom. The predicted octanol–water partition coefficient (Wildman–Crippen LogP) is 2.57. The number of likely N-dealkylation sites (N-methyl/N-ethyl adjacent to an activating group) is 1. The van der Waals surface area contributed by atoms with Gasteiger partial charge in [0, 0.05) is 31.3 Å². The monoisotopic (exact) mass is 280 g/mol. The minimum absolute atomic E-state index is 0.0335. The lowest BCUT2D eigenvalue weighted by atomic mass is 10.0. The quantitative estimate of drug-likeness (QED) is 0.795. The third-order valence-electron chi connectivity index (χ3n) is 3.64. The number of hydrogen-bond acceptors (Lipinski definition) is 4. The summed E-state index contributed by atoms with van der Waals surface area (Å²) in [6.45, 7) is 8.86. The molecule has 0 aromatic heterocycles. The Morgan fingerprint density at radius 2 is 1.95 bits per heavy atom. The molecule has 0 amide bonds. The highest BCUT2D eigenvalue weighted by Gasteiger charge is 2.15. The predicted molar refractivity (Wildman–Crippen MR) is 83.0 cm³/mol. The SMILES string of the molecule is CCN(Cc1cc(C(C)N)ccc1OC)C(C)COC. The summed E-state index contributed by atoms with van der Waals surface area (Å²) < 4.78 is 10.7. The van der Waals surface area contributed by atoms with Gasteiger partial charge in [-0.25, -0.2) is 0 Å². The number of ether oxygens (including phenoxy) is 2. The molecule has 114 valence electrons. The topological polar surface area (TPSA) is 47.7 Å². The zero-order valence-electron chi connectivity index (χ0n) is 13.3. The van der Waals surface area contributed by atoms with Gasteiger partial charge in [-0.2, -0.15) is 0 Å². The second-order valence-electron chi connectivity index (χ2n) is 5.23. The smallest absolute Gasteiger partial charge is 0.123 e. The molecule has 0 bridgehead atoms. The number of nitrogens with zero attached hydrogens (tertiary/aromatic N) is 1. The van der Waals surface area contributed by atoms with E-state index in [9.17, 15) is 0 Å². The van der Waals surface area contributed by atoms with Crippen molar-refractivity contribution in [3.05, 3.63) is 29.3 Å². The highest BCUT2D eigenvalue weighted by atomic mass is 16.5. The largest absolute Gasteiger partial charge is 0.496 e. The van der Waals surface area contributed by atoms with Crippen LogP contribution in [0, 0.1) is 0 Å². The third-order valence-corrected chi connectivity index (χ3v) is 3.64. The summed E-state index contributed by atoms with van der Waals surface area (Å²) in [7, 11) is 3.45. The maximum atomic E-state index is 5.97. The van der Waals surface area contributed by atoms with E-state index in [1.165, 1.54) is 5.56 Å². The van der Waals surface area contributed by atoms with Gasteiger partial charge in [0.2, 0.25) is 0 Å². The molecule has 0 heterocycles. The van der Waals surface area contributed by atoms with E-state index in [4.69, 9.17) is 15.2 Å². The first-order valence-corrected chi connectivity index (χ1v) is 7.18. The van der Waals surface area contributed by atoms with Crippen LogP contribution in [0.1, 0.15) is 37.9 Å². The molecular formula is C16H28N2O2. The van der Waals surface area contributed by atoms with Crippen LogP contribution in [0.3, 0.4) is 0 Å². The molecular weight excluding hydrogens is 252 g/mol. The second-order valence-corrected chi connectivity index (χ2v) is 5.23. The molecule has 0 radical (unpaired) electrons. The van der Waals surface area contributed by atoms with Gasteiger partial charge in [0.25, 0.3) is 0 Å². The zero-order valence-corrected chi connectivity index (χ0v) is 13.3. The summed E-state index contributed by atoms with van der Waals surface area (Å²) in [5.41, 5.74) is 8.28. The van der Waals surface area contributed by atoms with Crippen molar-refractivity contribution < 1.29 is 9.47 Å². The summed E-state index contributed by atoms with van der Waals surface area (Å²) in [6.07, 6.45) is 0. The van der Waals surface area contributed by atoms with E-state index in [1.54, 1.807) is 14.2 Å². The minimum atomic E-state index is 0.0335. The van der Waals surface area contributed by atoms with Crippen molar-refractivity contribution in [3.63, 3.8) is 0 Å². The molecule has 2 atom stereocenters. The molecule has 4 heteroatoms. The number of methoxy groups -OCH3 is 2. The van der Waals surface area contributed by atoms with E-state index in [0.29, 0.717) is 6.04 Å². The summed E-state index contributed by atoms with van der Waals surface area (Å²) in [4.78, 5) is 2.37. The van der Waals surface area contributed by atoms with Crippen LogP contribution in [0.4, 0.5) is 0 Å². The Bertz CT molecular complexity index is 407. The van der Waals surface area contributed by atoms with Crippen LogP contribution in [-0.2, 0) is 11.3 Å². The van der Waals surface area contributed by atoms with Crippen molar-refractivity contribution in [2.75, 3.05) is 27.4 Å². The first-order valence-electron chi connectivity index (χ1n) is 7.18. The van der Waals surface area contributed by atoms with Gasteiger partial charge < -0.3 is 15.2 Å². The van der Waals surface area contributed by atoms with Gasteiger partial charge in [-0.1, -0.05) is 13.0 Å². The molecule has 2 unspecified atom stereocenters. The van der Waals surface area contributed by atoms with E-state index in [0.717, 1.165) is 31.0 Å². The summed E-state index contributed by atoms with van der Waals surface area (Å²) >= 11 is 0. The van der Waals surface area contributed by atoms with Crippen molar-refractivity contribution in [2.45, 2.75) is 39.4 Å². The lowest BCUT2D eigenvalue weighted by Gasteiger charge is -2.28. The Labute approximate surface area is 122 Å². The van der Waals surface area contributed by atoms with Gasteiger partial charge in [-0.15, -0.1) is 0 Å². The van der Waals surface area contributed by atoms with Gasteiger partial charge in [0.1, 0.15) is 5.75 Å². The average molecular weight is 280 g/mol. The molecule has 0 aliphatic carbocycles. The summed E-state index contributed by atoms with van der Waals surface area (Å²) in [6, 6.07) is 6.58. The van der Waals surface area contributed by atoms with Crippen molar-refractivity contribution in [2.24, 2.45) is 5.73 Å². The molecule has 20 heavy (non-hydrogen) atoms. The molecule has 0 spiro atoms. The first kappa shape index (κ1) is 17.0. The molecule has 0 fully saturated rings. The molecule has 2 N–H and O–H groups in total. The molecule has 0 aliphatic heterocycles. The summed E-state index contributed by atoms with van der Waals surface area (Å²) in [5.74, 6) is 0.914. The van der Waals surface area contributed by atoms with Gasteiger partial charge >= 0.3 is 0 Å². The molecule has 1 rings (SSSR count). The van der Waals surface area contributed by atoms with Crippen molar-refractivity contribution in [3.8, 4) is 5.75 Å². The van der Waals surface area contributed by atoms with E-state index < -0.39 is 0 Å². The average Bonchev–Trinajstić information content (AvgIpc) is 2.44. The lowest BCUT2D eigenvalue weighted by molar-refractivity contribution is 0.0976. The minimum Gasteiger partial charge on any atom is -0.496 e. The molecule has 1 aromatic rings. The lowest BCUT2D eigenvalue weighted by Crippen LogP contribution is -2.35. The van der Waals surface area contributed by atoms with Crippen molar-refractivity contribution in [1.82, 2.24) is 4.90 Å². The molecule has 0 aliphatic rings. The van der Waals surface area contributed by atoms with E-state index >= 15 is 0 Å². The van der Waals surface area contributed by atoms with Crippen molar-refractivity contribution in [1.29, 1.82) is 0 Å². The Balaban J connectivity index is 2.95. The van der Waals surface area contributed by atoms with Crippen LogP contribution >= 0.6 is 0 Å². The standard InChI is InChI=1S/C16H28N2O2/c1-6-18(12(2)11-19-4)10-15-9-14(13(3)17)7-8-16(15)20-5/h7-9,12-13H,6,10-11,17H2,1-5H3.